The summed E-state index contributed by atoms with van der Waals surface area (Å²) in [6.07, 6.45) is -3.61. The van der Waals surface area contributed by atoms with Gasteiger partial charge in [0.15, 0.2) is 0 Å². The third-order valence-electron chi connectivity index (χ3n) is 1.54. The molecule has 0 aliphatic heterocycles. The highest BCUT2D eigenvalue weighted by atomic mass is 32.1. The SMILES string of the molecule is CCOC(=O)C(F)C(O)c1cscn1. The standard InChI is InChI=1S/C8H10FNO3S/c1-2-13-8(12)6(9)7(11)5-3-14-4-10-5/h3-4,6-7,11H,2H2,1H3. The molecule has 1 heterocycles. The van der Waals surface area contributed by atoms with E-state index in [1.807, 2.05) is 0 Å². The first-order valence-corrected chi connectivity index (χ1v) is 4.98. The van der Waals surface area contributed by atoms with Gasteiger partial charge >= 0.3 is 5.97 Å². The Kier molecular flexibility index (Phi) is 3.97. The molecule has 0 saturated heterocycles. The third kappa shape index (κ3) is 2.49. The lowest BCUT2D eigenvalue weighted by molar-refractivity contribution is -0.153. The Morgan fingerprint density at radius 1 is 1.86 bits per heavy atom. The third-order valence-corrected chi connectivity index (χ3v) is 2.15. The Labute approximate surface area is 84.4 Å². The predicted molar refractivity (Wildman–Crippen MR) is 48.6 cm³/mol. The monoisotopic (exact) mass is 219 g/mol. The molecule has 4 nitrogen and oxygen atoms in total. The summed E-state index contributed by atoms with van der Waals surface area (Å²) in [5.41, 5.74) is 1.60. The predicted octanol–water partition coefficient (Wildman–Crippen LogP) is 1.08. The van der Waals surface area contributed by atoms with Crippen LogP contribution < -0.4 is 0 Å². The average Bonchev–Trinajstić information content (AvgIpc) is 2.68. The van der Waals surface area contributed by atoms with Crippen molar-refractivity contribution in [2.45, 2.75) is 19.2 Å². The van der Waals surface area contributed by atoms with Crippen molar-refractivity contribution in [3.05, 3.63) is 16.6 Å². The maximum atomic E-state index is 13.2. The molecule has 0 amide bonds. The first-order valence-electron chi connectivity index (χ1n) is 4.03. The quantitative estimate of drug-likeness (QED) is 0.770. The first-order chi connectivity index (χ1) is 6.66. The molecule has 2 unspecified atom stereocenters. The Morgan fingerprint density at radius 3 is 3.07 bits per heavy atom. The summed E-state index contributed by atoms with van der Waals surface area (Å²) in [5, 5.41) is 10.8. The number of rotatable bonds is 4. The molecule has 0 fully saturated rings. The smallest absolute Gasteiger partial charge is 0.343 e. The maximum Gasteiger partial charge on any atom is 0.343 e. The topological polar surface area (TPSA) is 59.4 Å². The van der Waals surface area contributed by atoms with Crippen molar-refractivity contribution in [3.63, 3.8) is 0 Å². The highest BCUT2D eigenvalue weighted by Crippen LogP contribution is 2.19. The second-order valence-electron chi connectivity index (χ2n) is 2.51. The fraction of sp³-hybridized carbons (Fsp3) is 0.500. The first kappa shape index (κ1) is 11.1. The minimum atomic E-state index is -2.07. The van der Waals surface area contributed by atoms with Gasteiger partial charge in [0.25, 0.3) is 0 Å². The number of aromatic nitrogens is 1. The number of ether oxygens (including phenoxy) is 1. The summed E-state index contributed by atoms with van der Waals surface area (Å²) < 4.78 is 17.6. The number of aliphatic hydroxyl groups is 1. The summed E-state index contributed by atoms with van der Waals surface area (Å²) in [6.45, 7) is 1.66. The van der Waals surface area contributed by atoms with E-state index in [1.165, 1.54) is 22.2 Å². The van der Waals surface area contributed by atoms with Crippen molar-refractivity contribution in [1.29, 1.82) is 0 Å². The van der Waals surface area contributed by atoms with Gasteiger partial charge in [0, 0.05) is 5.38 Å². The van der Waals surface area contributed by atoms with Crippen LogP contribution in [0.2, 0.25) is 0 Å². The molecule has 1 aromatic rings. The van der Waals surface area contributed by atoms with Gasteiger partial charge in [0.05, 0.1) is 17.8 Å². The molecule has 0 radical (unpaired) electrons. The molecular formula is C8H10FNO3S. The fourth-order valence-electron chi connectivity index (χ4n) is 0.869. The van der Waals surface area contributed by atoms with Gasteiger partial charge in [-0.3, -0.25) is 0 Å². The lowest BCUT2D eigenvalue weighted by Gasteiger charge is -2.11. The summed E-state index contributed by atoms with van der Waals surface area (Å²) in [6, 6.07) is 0. The molecule has 0 aliphatic rings. The highest BCUT2D eigenvalue weighted by Gasteiger charge is 2.30. The molecule has 2 atom stereocenters. The number of esters is 1. The number of thiazole rings is 1. The highest BCUT2D eigenvalue weighted by molar-refractivity contribution is 7.07. The Balaban J connectivity index is 2.61. The molecule has 6 heteroatoms. The van der Waals surface area contributed by atoms with Crippen molar-refractivity contribution in [1.82, 2.24) is 4.98 Å². The lowest BCUT2D eigenvalue weighted by Crippen LogP contribution is -2.26. The van der Waals surface area contributed by atoms with E-state index in [0.717, 1.165) is 0 Å². The van der Waals surface area contributed by atoms with E-state index < -0.39 is 18.2 Å². The van der Waals surface area contributed by atoms with Crippen LogP contribution in [0.15, 0.2) is 10.9 Å². The lowest BCUT2D eigenvalue weighted by atomic mass is 10.2. The van der Waals surface area contributed by atoms with Crippen molar-refractivity contribution in [2.24, 2.45) is 0 Å². The van der Waals surface area contributed by atoms with Crippen LogP contribution >= 0.6 is 11.3 Å². The van der Waals surface area contributed by atoms with Crippen LogP contribution in [-0.4, -0.2) is 28.8 Å². The average molecular weight is 219 g/mol. The van der Waals surface area contributed by atoms with Crippen LogP contribution in [0.25, 0.3) is 0 Å². The molecule has 1 rings (SSSR count). The van der Waals surface area contributed by atoms with Crippen LogP contribution in [0.4, 0.5) is 4.39 Å². The van der Waals surface area contributed by atoms with Crippen LogP contribution in [0.3, 0.4) is 0 Å². The van der Waals surface area contributed by atoms with Gasteiger partial charge in [-0.05, 0) is 6.92 Å². The summed E-state index contributed by atoms with van der Waals surface area (Å²) >= 11 is 1.22. The second-order valence-corrected chi connectivity index (χ2v) is 3.23. The number of nitrogens with zero attached hydrogens (tertiary/aromatic N) is 1. The number of hydrogen-bond donors (Lipinski definition) is 1. The van der Waals surface area contributed by atoms with E-state index in [4.69, 9.17) is 0 Å². The molecule has 1 aromatic heterocycles. The normalized spacial score (nSPS) is 14.8. The van der Waals surface area contributed by atoms with Crippen LogP contribution in [0.1, 0.15) is 18.7 Å². The van der Waals surface area contributed by atoms with Crippen molar-refractivity contribution in [2.75, 3.05) is 6.61 Å². The van der Waals surface area contributed by atoms with Gasteiger partial charge in [0.1, 0.15) is 6.10 Å². The van der Waals surface area contributed by atoms with Gasteiger partial charge in [-0.1, -0.05) is 0 Å². The molecule has 1 N–H and O–H groups in total. The molecular weight excluding hydrogens is 209 g/mol. The van der Waals surface area contributed by atoms with Crippen LogP contribution in [0.5, 0.6) is 0 Å². The Bertz CT molecular complexity index is 291. The number of carbonyl (C=O) groups is 1. The molecule has 0 saturated carbocycles. The van der Waals surface area contributed by atoms with Crippen molar-refractivity contribution >= 4 is 17.3 Å². The largest absolute Gasteiger partial charge is 0.464 e. The molecule has 14 heavy (non-hydrogen) atoms. The van der Waals surface area contributed by atoms with Crippen LogP contribution in [0, 0.1) is 0 Å². The van der Waals surface area contributed by atoms with E-state index >= 15 is 0 Å². The minimum absolute atomic E-state index is 0.0863. The number of hydrogen-bond acceptors (Lipinski definition) is 5. The van der Waals surface area contributed by atoms with Crippen molar-refractivity contribution in [3.8, 4) is 0 Å². The van der Waals surface area contributed by atoms with Crippen molar-refractivity contribution < 1.29 is 19.0 Å². The summed E-state index contributed by atoms with van der Waals surface area (Å²) in [4.78, 5) is 14.6. The summed E-state index contributed by atoms with van der Waals surface area (Å²) in [7, 11) is 0. The van der Waals surface area contributed by atoms with Gasteiger partial charge in [0.2, 0.25) is 6.17 Å². The van der Waals surface area contributed by atoms with E-state index in [-0.39, 0.29) is 12.3 Å². The molecule has 0 bridgehead atoms. The number of halogens is 1. The van der Waals surface area contributed by atoms with Gasteiger partial charge in [-0.25, -0.2) is 14.2 Å². The van der Waals surface area contributed by atoms with E-state index in [1.54, 1.807) is 6.92 Å². The number of alkyl halides is 1. The maximum absolute atomic E-state index is 13.2. The molecule has 0 aliphatic carbocycles. The van der Waals surface area contributed by atoms with E-state index in [2.05, 4.69) is 9.72 Å². The zero-order valence-electron chi connectivity index (χ0n) is 7.51. The minimum Gasteiger partial charge on any atom is -0.464 e. The number of carbonyl (C=O) groups excluding carboxylic acids is 1. The van der Waals surface area contributed by atoms with Crippen LogP contribution in [-0.2, 0) is 9.53 Å². The zero-order valence-corrected chi connectivity index (χ0v) is 8.33. The zero-order chi connectivity index (χ0) is 10.6. The molecule has 0 aromatic carbocycles. The van der Waals surface area contributed by atoms with E-state index in [0.29, 0.717) is 0 Å². The molecule has 0 spiro atoms. The Hall–Kier alpha value is -1.01. The Morgan fingerprint density at radius 2 is 2.57 bits per heavy atom. The fourth-order valence-corrected chi connectivity index (χ4v) is 1.45. The van der Waals surface area contributed by atoms with Gasteiger partial charge in [-0.2, -0.15) is 0 Å². The second kappa shape index (κ2) is 5.02. The van der Waals surface area contributed by atoms with Gasteiger partial charge < -0.3 is 9.84 Å². The molecule has 78 valence electrons. The van der Waals surface area contributed by atoms with E-state index in [9.17, 15) is 14.3 Å². The number of aliphatic hydroxyl groups excluding tert-OH is 1. The van der Waals surface area contributed by atoms with Gasteiger partial charge in [-0.15, -0.1) is 11.3 Å². The summed E-state index contributed by atoms with van der Waals surface area (Å²) in [5.74, 6) is -1.06.